The van der Waals surface area contributed by atoms with E-state index in [1.807, 2.05) is 11.3 Å². The number of hydrogen-bond donors (Lipinski definition) is 1. The molecule has 1 N–H and O–H groups in total. The van der Waals surface area contributed by atoms with Crippen molar-refractivity contribution < 1.29 is 0 Å². The fourth-order valence-corrected chi connectivity index (χ4v) is 3.58. The van der Waals surface area contributed by atoms with E-state index in [4.69, 9.17) is 0 Å². The lowest BCUT2D eigenvalue weighted by Gasteiger charge is -2.19. The van der Waals surface area contributed by atoms with Crippen molar-refractivity contribution in [3.8, 4) is 0 Å². The van der Waals surface area contributed by atoms with Crippen molar-refractivity contribution in [3.05, 3.63) is 55.3 Å². The minimum Gasteiger partial charge on any atom is -0.306 e. The van der Waals surface area contributed by atoms with Crippen LogP contribution in [0.4, 0.5) is 0 Å². The Morgan fingerprint density at radius 2 is 2.05 bits per heavy atom. The summed E-state index contributed by atoms with van der Waals surface area (Å²) in [6.45, 7) is 5.47. The van der Waals surface area contributed by atoms with E-state index in [2.05, 4.69) is 77.5 Å². The number of benzene rings is 1. The highest BCUT2D eigenvalue weighted by Gasteiger charge is 2.14. The van der Waals surface area contributed by atoms with Gasteiger partial charge in [-0.1, -0.05) is 38.1 Å². The number of aryl methyl sites for hydroxylation is 1. The lowest BCUT2D eigenvalue weighted by Crippen LogP contribution is -2.22. The number of halogens is 1. The fourth-order valence-electron chi connectivity index (χ4n) is 2.18. The second-order valence-corrected chi connectivity index (χ2v) is 7.48. The van der Waals surface area contributed by atoms with Crippen molar-refractivity contribution in [2.24, 2.45) is 0 Å². The predicted octanol–water partition coefficient (Wildman–Crippen LogP) is 5.00. The standard InChI is InChI=1S/C16H20INS/c1-3-8-18-16(14-10-15(17)19-11-14)13-7-5-6-12(4-2)9-13/h5-7,9-11,16,18H,3-4,8H2,1-2H3. The van der Waals surface area contributed by atoms with E-state index in [9.17, 15) is 0 Å². The Morgan fingerprint density at radius 3 is 2.68 bits per heavy atom. The topological polar surface area (TPSA) is 12.0 Å². The van der Waals surface area contributed by atoms with Crippen molar-refractivity contribution in [2.45, 2.75) is 32.7 Å². The second kappa shape index (κ2) is 7.41. The normalized spacial score (nSPS) is 12.6. The van der Waals surface area contributed by atoms with Crippen LogP contribution in [0.2, 0.25) is 0 Å². The summed E-state index contributed by atoms with van der Waals surface area (Å²) in [5, 5.41) is 5.94. The van der Waals surface area contributed by atoms with Crippen molar-refractivity contribution in [1.82, 2.24) is 5.32 Å². The second-order valence-electron chi connectivity index (χ2n) is 4.67. The molecular formula is C16H20INS. The first-order valence-corrected chi connectivity index (χ1v) is 8.76. The molecule has 1 aromatic heterocycles. The van der Waals surface area contributed by atoms with Crippen LogP contribution in [-0.4, -0.2) is 6.54 Å². The molecule has 0 radical (unpaired) electrons. The molecule has 3 heteroatoms. The first kappa shape index (κ1) is 15.0. The third-order valence-electron chi connectivity index (χ3n) is 3.21. The SMILES string of the molecule is CCCNC(c1cccc(CC)c1)c1csc(I)c1. The molecule has 102 valence electrons. The van der Waals surface area contributed by atoms with Crippen LogP contribution in [0.1, 0.15) is 43.0 Å². The van der Waals surface area contributed by atoms with Gasteiger partial charge in [-0.05, 0) is 70.1 Å². The van der Waals surface area contributed by atoms with Crippen LogP contribution in [-0.2, 0) is 6.42 Å². The summed E-state index contributed by atoms with van der Waals surface area (Å²) in [6.07, 6.45) is 2.25. The van der Waals surface area contributed by atoms with Crippen molar-refractivity contribution >= 4 is 33.9 Å². The maximum Gasteiger partial charge on any atom is 0.0656 e. The van der Waals surface area contributed by atoms with Gasteiger partial charge in [-0.15, -0.1) is 11.3 Å². The molecule has 0 spiro atoms. The van der Waals surface area contributed by atoms with E-state index in [0.29, 0.717) is 6.04 Å². The van der Waals surface area contributed by atoms with Gasteiger partial charge in [0.25, 0.3) is 0 Å². The van der Waals surface area contributed by atoms with Crippen LogP contribution in [0.3, 0.4) is 0 Å². The molecule has 0 aliphatic heterocycles. The molecule has 0 amide bonds. The first-order chi connectivity index (χ1) is 9.24. The summed E-state index contributed by atoms with van der Waals surface area (Å²) in [5.41, 5.74) is 4.17. The molecule has 0 fully saturated rings. The first-order valence-electron chi connectivity index (χ1n) is 6.80. The molecule has 2 rings (SSSR count). The predicted molar refractivity (Wildman–Crippen MR) is 93.0 cm³/mol. The lowest BCUT2D eigenvalue weighted by molar-refractivity contribution is 0.599. The molecule has 0 saturated heterocycles. The van der Waals surface area contributed by atoms with E-state index < -0.39 is 0 Å². The Balaban J connectivity index is 2.30. The third kappa shape index (κ3) is 4.04. The summed E-state index contributed by atoms with van der Waals surface area (Å²) in [6, 6.07) is 11.6. The molecule has 0 saturated carbocycles. The molecule has 2 aromatic rings. The average Bonchev–Trinajstić information content (AvgIpc) is 2.86. The quantitative estimate of drug-likeness (QED) is 0.690. The summed E-state index contributed by atoms with van der Waals surface area (Å²) < 4.78 is 1.35. The summed E-state index contributed by atoms with van der Waals surface area (Å²) in [5.74, 6) is 0. The van der Waals surface area contributed by atoms with Crippen LogP contribution in [0, 0.1) is 2.88 Å². The summed E-state index contributed by atoms with van der Waals surface area (Å²) >= 11 is 4.21. The molecule has 1 unspecified atom stereocenters. The van der Waals surface area contributed by atoms with Crippen molar-refractivity contribution in [2.75, 3.05) is 6.54 Å². The monoisotopic (exact) mass is 385 g/mol. The largest absolute Gasteiger partial charge is 0.306 e. The lowest BCUT2D eigenvalue weighted by atomic mass is 9.98. The van der Waals surface area contributed by atoms with E-state index in [1.54, 1.807) is 0 Å². The maximum absolute atomic E-state index is 3.67. The van der Waals surface area contributed by atoms with Crippen LogP contribution in [0.5, 0.6) is 0 Å². The van der Waals surface area contributed by atoms with Crippen molar-refractivity contribution in [3.63, 3.8) is 0 Å². The van der Waals surface area contributed by atoms with E-state index >= 15 is 0 Å². The minimum atomic E-state index is 0.325. The van der Waals surface area contributed by atoms with E-state index in [0.717, 1.165) is 19.4 Å². The van der Waals surface area contributed by atoms with Gasteiger partial charge in [-0.3, -0.25) is 0 Å². The zero-order valence-electron chi connectivity index (χ0n) is 11.4. The van der Waals surface area contributed by atoms with Crippen LogP contribution >= 0.6 is 33.9 Å². The van der Waals surface area contributed by atoms with E-state index in [1.165, 1.54) is 19.6 Å². The van der Waals surface area contributed by atoms with Crippen molar-refractivity contribution in [1.29, 1.82) is 0 Å². The van der Waals surface area contributed by atoms with Crippen LogP contribution in [0.25, 0.3) is 0 Å². The van der Waals surface area contributed by atoms with Gasteiger partial charge in [-0.2, -0.15) is 0 Å². The third-order valence-corrected chi connectivity index (χ3v) is 5.02. The molecular weight excluding hydrogens is 365 g/mol. The van der Waals surface area contributed by atoms with Gasteiger partial charge < -0.3 is 5.32 Å². The van der Waals surface area contributed by atoms with Gasteiger partial charge in [0.2, 0.25) is 0 Å². The Hall–Kier alpha value is -0.390. The van der Waals surface area contributed by atoms with Gasteiger partial charge in [0.1, 0.15) is 0 Å². The van der Waals surface area contributed by atoms with Gasteiger partial charge in [0.05, 0.1) is 8.93 Å². The molecule has 1 aromatic carbocycles. The number of nitrogens with one attached hydrogen (secondary N) is 1. The van der Waals surface area contributed by atoms with Gasteiger partial charge >= 0.3 is 0 Å². The molecule has 0 aliphatic carbocycles. The number of hydrogen-bond acceptors (Lipinski definition) is 2. The average molecular weight is 385 g/mol. The Kier molecular flexibility index (Phi) is 5.85. The molecule has 1 heterocycles. The number of rotatable bonds is 6. The molecule has 1 nitrogen and oxygen atoms in total. The van der Waals surface area contributed by atoms with E-state index in [-0.39, 0.29) is 0 Å². The summed E-state index contributed by atoms with van der Waals surface area (Å²) in [4.78, 5) is 0. The Morgan fingerprint density at radius 1 is 1.21 bits per heavy atom. The Labute approximate surface area is 133 Å². The van der Waals surface area contributed by atoms with Crippen LogP contribution < -0.4 is 5.32 Å². The van der Waals surface area contributed by atoms with Crippen LogP contribution in [0.15, 0.2) is 35.7 Å². The fraction of sp³-hybridized carbons (Fsp3) is 0.375. The number of thiophene rings is 1. The highest BCUT2D eigenvalue weighted by atomic mass is 127. The van der Waals surface area contributed by atoms with Gasteiger partial charge in [-0.25, -0.2) is 0 Å². The molecule has 0 bridgehead atoms. The minimum absolute atomic E-state index is 0.325. The highest BCUT2D eigenvalue weighted by Crippen LogP contribution is 2.28. The Bertz CT molecular complexity index is 521. The zero-order valence-corrected chi connectivity index (χ0v) is 14.4. The molecule has 1 atom stereocenters. The maximum atomic E-state index is 3.67. The van der Waals surface area contributed by atoms with Gasteiger partial charge in [0.15, 0.2) is 0 Å². The molecule has 19 heavy (non-hydrogen) atoms. The molecule has 0 aliphatic rings. The van der Waals surface area contributed by atoms with Gasteiger partial charge in [0, 0.05) is 0 Å². The smallest absolute Gasteiger partial charge is 0.0656 e. The summed E-state index contributed by atoms with van der Waals surface area (Å²) in [7, 11) is 0. The zero-order chi connectivity index (χ0) is 13.7. The highest BCUT2D eigenvalue weighted by molar-refractivity contribution is 14.1.